The fourth-order valence-electron chi connectivity index (χ4n) is 1.90. The van der Waals surface area contributed by atoms with Crippen LogP contribution in [0.5, 0.6) is 6.01 Å². The second-order valence-corrected chi connectivity index (χ2v) is 5.64. The Morgan fingerprint density at radius 1 is 1.35 bits per heavy atom. The fraction of sp³-hybridized carbons (Fsp3) is 0.294. The van der Waals surface area contributed by atoms with E-state index in [-0.39, 0.29) is 24.0 Å². The van der Waals surface area contributed by atoms with Crippen LogP contribution in [0.15, 0.2) is 34.5 Å². The number of aromatic nitrogens is 2. The summed E-state index contributed by atoms with van der Waals surface area (Å²) in [5.74, 6) is 0.958. The molecular formula is C17H18F3N5O. The molecule has 0 unspecified atom stereocenters. The van der Waals surface area contributed by atoms with E-state index in [2.05, 4.69) is 20.1 Å². The SMILES string of the molecule is Cc1cnc(OCC(C=Nc2ccc(F)c(C(C)(F)F)c2)=NN)nc1C. The Bertz CT molecular complexity index is 847. The minimum Gasteiger partial charge on any atom is -0.457 e. The molecule has 0 fully saturated rings. The Morgan fingerprint density at radius 2 is 2.08 bits per heavy atom. The lowest BCUT2D eigenvalue weighted by atomic mass is 10.1. The summed E-state index contributed by atoms with van der Waals surface area (Å²) in [6.07, 6.45) is 2.86. The lowest BCUT2D eigenvalue weighted by molar-refractivity contribution is 0.0138. The molecule has 0 aliphatic heterocycles. The third-order valence-corrected chi connectivity index (χ3v) is 3.50. The van der Waals surface area contributed by atoms with Crippen LogP contribution in [0.1, 0.15) is 23.7 Å². The predicted octanol–water partition coefficient (Wildman–Crippen LogP) is 3.44. The number of alkyl halides is 2. The summed E-state index contributed by atoms with van der Waals surface area (Å²) in [6.45, 7) is 4.23. The molecule has 1 aromatic heterocycles. The van der Waals surface area contributed by atoms with Gasteiger partial charge in [0.15, 0.2) is 0 Å². The zero-order valence-electron chi connectivity index (χ0n) is 14.5. The maximum atomic E-state index is 13.5. The first-order chi connectivity index (χ1) is 12.2. The first-order valence-corrected chi connectivity index (χ1v) is 7.62. The van der Waals surface area contributed by atoms with Crippen molar-refractivity contribution in [2.75, 3.05) is 6.61 Å². The van der Waals surface area contributed by atoms with Crippen molar-refractivity contribution in [2.24, 2.45) is 15.9 Å². The topological polar surface area (TPSA) is 85.8 Å². The average molecular weight is 365 g/mol. The van der Waals surface area contributed by atoms with E-state index < -0.39 is 17.3 Å². The van der Waals surface area contributed by atoms with Crippen molar-refractivity contribution < 1.29 is 17.9 Å². The second-order valence-electron chi connectivity index (χ2n) is 5.64. The summed E-state index contributed by atoms with van der Waals surface area (Å²) in [5, 5.41) is 3.51. The molecule has 0 radical (unpaired) electrons. The Hall–Kier alpha value is -2.97. The minimum absolute atomic E-state index is 0.0690. The zero-order chi connectivity index (χ0) is 19.3. The molecule has 2 aromatic rings. The molecule has 0 aliphatic rings. The second kappa shape index (κ2) is 7.94. The number of ether oxygens (including phenoxy) is 1. The van der Waals surface area contributed by atoms with Crippen molar-refractivity contribution in [3.63, 3.8) is 0 Å². The molecule has 6 nitrogen and oxygen atoms in total. The van der Waals surface area contributed by atoms with Gasteiger partial charge in [-0.3, -0.25) is 4.99 Å². The van der Waals surface area contributed by atoms with Gasteiger partial charge in [-0.2, -0.15) is 5.10 Å². The summed E-state index contributed by atoms with van der Waals surface area (Å²) in [6, 6.07) is 3.31. The monoisotopic (exact) mass is 365 g/mol. The molecule has 0 bridgehead atoms. The highest BCUT2D eigenvalue weighted by molar-refractivity contribution is 6.31. The molecule has 2 N–H and O–H groups in total. The predicted molar refractivity (Wildman–Crippen MR) is 92.7 cm³/mol. The van der Waals surface area contributed by atoms with Gasteiger partial charge in [0.2, 0.25) is 0 Å². The number of halogens is 3. The lowest BCUT2D eigenvalue weighted by Gasteiger charge is -2.11. The van der Waals surface area contributed by atoms with Crippen LogP contribution in [0.25, 0.3) is 0 Å². The molecule has 0 saturated carbocycles. The van der Waals surface area contributed by atoms with Crippen molar-refractivity contribution in [1.29, 1.82) is 0 Å². The van der Waals surface area contributed by atoms with Crippen LogP contribution in [0.3, 0.4) is 0 Å². The molecule has 1 heterocycles. The molecule has 0 amide bonds. The minimum atomic E-state index is -3.32. The molecule has 1 aromatic carbocycles. The maximum Gasteiger partial charge on any atom is 0.316 e. The molecule has 0 saturated heterocycles. The molecule has 0 aliphatic carbocycles. The van der Waals surface area contributed by atoms with Gasteiger partial charge in [0.05, 0.1) is 17.5 Å². The number of aryl methyl sites for hydroxylation is 2. The Morgan fingerprint density at radius 3 is 2.69 bits per heavy atom. The standard InChI is InChI=1S/C17H18F3N5O/c1-10-7-23-16(24-11(10)2)26-9-13(25-21)8-22-12-4-5-15(18)14(6-12)17(3,19)20/h4-8H,9,21H2,1-3H3. The Labute approximate surface area is 148 Å². The maximum absolute atomic E-state index is 13.5. The van der Waals surface area contributed by atoms with E-state index in [0.29, 0.717) is 6.92 Å². The summed E-state index contributed by atoms with van der Waals surface area (Å²) in [4.78, 5) is 12.1. The highest BCUT2D eigenvalue weighted by atomic mass is 19.3. The number of benzene rings is 1. The third kappa shape index (κ3) is 5.01. The van der Waals surface area contributed by atoms with E-state index in [1.54, 1.807) is 6.20 Å². The van der Waals surface area contributed by atoms with Crippen LogP contribution in [0, 0.1) is 19.7 Å². The molecule has 0 atom stereocenters. The van der Waals surface area contributed by atoms with Gasteiger partial charge in [0, 0.05) is 18.8 Å². The quantitative estimate of drug-likeness (QED) is 0.483. The van der Waals surface area contributed by atoms with E-state index in [4.69, 9.17) is 10.6 Å². The highest BCUT2D eigenvalue weighted by Crippen LogP contribution is 2.31. The Kier molecular flexibility index (Phi) is 5.91. The van der Waals surface area contributed by atoms with E-state index in [0.717, 1.165) is 23.4 Å². The molecule has 9 heteroatoms. The van der Waals surface area contributed by atoms with Crippen molar-refractivity contribution in [3.05, 3.63) is 47.0 Å². The van der Waals surface area contributed by atoms with E-state index in [1.165, 1.54) is 12.3 Å². The van der Waals surface area contributed by atoms with Crippen LogP contribution in [0.4, 0.5) is 18.9 Å². The van der Waals surface area contributed by atoms with Crippen LogP contribution in [-0.2, 0) is 5.92 Å². The smallest absolute Gasteiger partial charge is 0.316 e. The first kappa shape index (κ1) is 19.4. The molecule has 138 valence electrons. The average Bonchev–Trinajstić information content (AvgIpc) is 2.58. The summed E-state index contributed by atoms with van der Waals surface area (Å²) in [5.41, 5.74) is 1.31. The number of aliphatic imine (C=N–C) groups is 1. The summed E-state index contributed by atoms with van der Waals surface area (Å²) < 4.78 is 45.6. The van der Waals surface area contributed by atoms with Gasteiger partial charge in [-0.1, -0.05) is 0 Å². The first-order valence-electron chi connectivity index (χ1n) is 7.62. The third-order valence-electron chi connectivity index (χ3n) is 3.50. The number of hydrazone groups is 1. The van der Waals surface area contributed by atoms with Gasteiger partial charge in [-0.15, -0.1) is 0 Å². The van der Waals surface area contributed by atoms with Gasteiger partial charge >= 0.3 is 6.01 Å². The van der Waals surface area contributed by atoms with Gasteiger partial charge in [0.1, 0.15) is 18.1 Å². The van der Waals surface area contributed by atoms with Crippen LogP contribution >= 0.6 is 0 Å². The zero-order valence-corrected chi connectivity index (χ0v) is 14.5. The van der Waals surface area contributed by atoms with Gasteiger partial charge in [-0.25, -0.2) is 23.1 Å². The van der Waals surface area contributed by atoms with Crippen molar-refractivity contribution in [1.82, 2.24) is 9.97 Å². The largest absolute Gasteiger partial charge is 0.457 e. The van der Waals surface area contributed by atoms with Crippen molar-refractivity contribution in [2.45, 2.75) is 26.7 Å². The molecular weight excluding hydrogens is 347 g/mol. The number of nitrogens with zero attached hydrogens (tertiary/aromatic N) is 4. The highest BCUT2D eigenvalue weighted by Gasteiger charge is 2.28. The van der Waals surface area contributed by atoms with Crippen molar-refractivity contribution >= 4 is 17.6 Å². The molecule has 2 rings (SSSR count). The van der Waals surface area contributed by atoms with Crippen molar-refractivity contribution in [3.8, 4) is 6.01 Å². The molecule has 0 spiro atoms. The van der Waals surface area contributed by atoms with Crippen LogP contribution < -0.4 is 10.6 Å². The van der Waals surface area contributed by atoms with Gasteiger partial charge in [-0.05, 0) is 37.6 Å². The van der Waals surface area contributed by atoms with Crippen LogP contribution in [-0.4, -0.2) is 28.5 Å². The molecule has 26 heavy (non-hydrogen) atoms. The van der Waals surface area contributed by atoms with E-state index >= 15 is 0 Å². The van der Waals surface area contributed by atoms with E-state index in [9.17, 15) is 13.2 Å². The van der Waals surface area contributed by atoms with E-state index in [1.807, 2.05) is 13.8 Å². The summed E-state index contributed by atoms with van der Waals surface area (Å²) in [7, 11) is 0. The van der Waals surface area contributed by atoms with Crippen LogP contribution in [0.2, 0.25) is 0 Å². The number of nitrogens with two attached hydrogens (primary N) is 1. The Balaban J connectivity index is 2.09. The number of rotatable bonds is 6. The normalized spacial score (nSPS) is 12.6. The van der Waals surface area contributed by atoms with Gasteiger partial charge in [0.25, 0.3) is 5.92 Å². The van der Waals surface area contributed by atoms with Gasteiger partial charge < -0.3 is 10.6 Å². The number of hydrogen-bond acceptors (Lipinski definition) is 6. The summed E-state index contributed by atoms with van der Waals surface area (Å²) >= 11 is 0. The lowest BCUT2D eigenvalue weighted by Crippen LogP contribution is -2.16. The fourth-order valence-corrected chi connectivity index (χ4v) is 1.90. The number of hydrogen-bond donors (Lipinski definition) is 1.